The molecular formula is C15H18N4O3. The summed E-state index contributed by atoms with van der Waals surface area (Å²) >= 11 is 0. The Morgan fingerprint density at radius 2 is 2.00 bits per heavy atom. The fourth-order valence-corrected chi connectivity index (χ4v) is 1.82. The molecule has 2 N–H and O–H groups in total. The third kappa shape index (κ3) is 4.62. The van der Waals surface area contributed by atoms with Crippen molar-refractivity contribution < 1.29 is 14.1 Å². The number of aryl methyl sites for hydroxylation is 1. The van der Waals surface area contributed by atoms with Crippen LogP contribution in [0.1, 0.15) is 11.3 Å². The van der Waals surface area contributed by atoms with E-state index in [0.717, 1.165) is 5.56 Å². The largest absolute Gasteiger partial charge is 0.360 e. The minimum atomic E-state index is -0.505. The van der Waals surface area contributed by atoms with Gasteiger partial charge in [-0.2, -0.15) is 0 Å². The first-order chi connectivity index (χ1) is 10.5. The molecular weight excluding hydrogens is 284 g/mol. The minimum Gasteiger partial charge on any atom is -0.360 e. The molecule has 0 aliphatic heterocycles. The molecule has 0 aliphatic rings. The Kier molecular flexibility index (Phi) is 5.13. The van der Waals surface area contributed by atoms with Crippen LogP contribution in [0.4, 0.5) is 10.6 Å². The molecule has 7 nitrogen and oxygen atoms in total. The van der Waals surface area contributed by atoms with Crippen LogP contribution in [0.15, 0.2) is 40.9 Å². The number of urea groups is 1. The molecule has 22 heavy (non-hydrogen) atoms. The van der Waals surface area contributed by atoms with E-state index in [1.54, 1.807) is 24.9 Å². The van der Waals surface area contributed by atoms with Crippen LogP contribution in [-0.4, -0.2) is 35.6 Å². The van der Waals surface area contributed by atoms with Gasteiger partial charge in [0, 0.05) is 19.7 Å². The first kappa shape index (κ1) is 15.6. The highest BCUT2D eigenvalue weighted by Crippen LogP contribution is 2.06. The number of likely N-dealkylation sites (N-methyl/N-ethyl adjacent to an activating group) is 1. The monoisotopic (exact) mass is 302 g/mol. The first-order valence-electron chi connectivity index (χ1n) is 6.80. The summed E-state index contributed by atoms with van der Waals surface area (Å²) in [6.07, 6.45) is 0. The van der Waals surface area contributed by atoms with Gasteiger partial charge in [-0.1, -0.05) is 35.5 Å². The summed E-state index contributed by atoms with van der Waals surface area (Å²) in [7, 11) is 1.69. The number of anilines is 1. The Morgan fingerprint density at radius 3 is 2.64 bits per heavy atom. The Labute approximate surface area is 128 Å². The van der Waals surface area contributed by atoms with Crippen LogP contribution < -0.4 is 10.6 Å². The van der Waals surface area contributed by atoms with Crippen molar-refractivity contribution in [3.63, 3.8) is 0 Å². The van der Waals surface area contributed by atoms with Crippen molar-refractivity contribution in [3.05, 3.63) is 47.7 Å². The maximum atomic E-state index is 12.0. The molecule has 0 aliphatic carbocycles. The summed E-state index contributed by atoms with van der Waals surface area (Å²) in [5, 5.41) is 8.60. The van der Waals surface area contributed by atoms with Crippen LogP contribution >= 0.6 is 0 Å². The van der Waals surface area contributed by atoms with Crippen LogP contribution in [-0.2, 0) is 11.3 Å². The second-order valence-electron chi connectivity index (χ2n) is 4.87. The van der Waals surface area contributed by atoms with Gasteiger partial charge in [-0.3, -0.25) is 10.1 Å². The molecule has 0 bridgehead atoms. The van der Waals surface area contributed by atoms with E-state index in [1.807, 2.05) is 30.3 Å². The maximum absolute atomic E-state index is 12.0. The van der Waals surface area contributed by atoms with Gasteiger partial charge in [0.05, 0.1) is 6.54 Å². The topological polar surface area (TPSA) is 87.5 Å². The van der Waals surface area contributed by atoms with Crippen molar-refractivity contribution in [2.45, 2.75) is 13.5 Å². The normalized spacial score (nSPS) is 10.1. The van der Waals surface area contributed by atoms with Gasteiger partial charge in [-0.05, 0) is 12.5 Å². The molecule has 2 aromatic rings. The van der Waals surface area contributed by atoms with Gasteiger partial charge >= 0.3 is 6.03 Å². The van der Waals surface area contributed by atoms with Gasteiger partial charge in [0.2, 0.25) is 5.91 Å². The second kappa shape index (κ2) is 7.26. The molecule has 0 unspecified atom stereocenters. The van der Waals surface area contributed by atoms with Gasteiger partial charge in [0.25, 0.3) is 0 Å². The molecule has 0 atom stereocenters. The molecule has 3 amide bonds. The van der Waals surface area contributed by atoms with Crippen LogP contribution in [0, 0.1) is 6.92 Å². The summed E-state index contributed by atoms with van der Waals surface area (Å²) < 4.78 is 4.83. The van der Waals surface area contributed by atoms with Crippen molar-refractivity contribution in [3.8, 4) is 0 Å². The van der Waals surface area contributed by atoms with E-state index in [2.05, 4.69) is 15.8 Å². The highest BCUT2D eigenvalue weighted by molar-refractivity contribution is 5.91. The zero-order valence-electron chi connectivity index (χ0n) is 12.5. The smallest absolute Gasteiger partial charge is 0.320 e. The summed E-state index contributed by atoms with van der Waals surface area (Å²) in [5.74, 6) is 0.712. The van der Waals surface area contributed by atoms with E-state index in [1.165, 1.54) is 0 Å². The summed E-state index contributed by atoms with van der Waals surface area (Å²) in [5.41, 5.74) is 1.03. The number of nitrogens with zero attached hydrogens (tertiary/aromatic N) is 2. The Morgan fingerprint density at radius 1 is 1.27 bits per heavy atom. The number of amides is 3. The minimum absolute atomic E-state index is 0.0913. The number of aromatic nitrogens is 1. The summed E-state index contributed by atoms with van der Waals surface area (Å²) in [6.45, 7) is 2.12. The SMILES string of the molecule is Cc1cc(NC(=O)NCC(=O)N(C)Cc2ccccc2)no1. The second-order valence-corrected chi connectivity index (χ2v) is 4.87. The number of rotatable bonds is 5. The summed E-state index contributed by atoms with van der Waals surface area (Å²) in [4.78, 5) is 25.1. The van der Waals surface area contributed by atoms with Crippen molar-refractivity contribution in [2.24, 2.45) is 0 Å². The number of benzene rings is 1. The molecule has 0 saturated heterocycles. The number of hydrogen-bond donors (Lipinski definition) is 2. The van der Waals surface area contributed by atoms with E-state index in [-0.39, 0.29) is 12.5 Å². The van der Waals surface area contributed by atoms with Crippen LogP contribution in [0.5, 0.6) is 0 Å². The van der Waals surface area contributed by atoms with E-state index < -0.39 is 6.03 Å². The number of carbonyl (C=O) groups is 2. The third-order valence-electron chi connectivity index (χ3n) is 2.96. The maximum Gasteiger partial charge on any atom is 0.320 e. The van der Waals surface area contributed by atoms with Crippen LogP contribution in [0.3, 0.4) is 0 Å². The molecule has 0 saturated carbocycles. The zero-order valence-corrected chi connectivity index (χ0v) is 12.5. The number of hydrogen-bond acceptors (Lipinski definition) is 4. The lowest BCUT2D eigenvalue weighted by molar-refractivity contribution is -0.129. The van der Waals surface area contributed by atoms with Crippen molar-refractivity contribution in [2.75, 3.05) is 18.9 Å². The zero-order chi connectivity index (χ0) is 15.9. The molecule has 0 spiro atoms. The van der Waals surface area contributed by atoms with Crippen molar-refractivity contribution in [1.82, 2.24) is 15.4 Å². The highest BCUT2D eigenvalue weighted by atomic mass is 16.5. The molecule has 1 aromatic heterocycles. The fourth-order valence-electron chi connectivity index (χ4n) is 1.82. The summed E-state index contributed by atoms with van der Waals surface area (Å²) in [6, 6.07) is 10.7. The quantitative estimate of drug-likeness (QED) is 0.881. The van der Waals surface area contributed by atoms with E-state index in [9.17, 15) is 9.59 Å². The van der Waals surface area contributed by atoms with Crippen molar-refractivity contribution >= 4 is 17.8 Å². The lowest BCUT2D eigenvalue weighted by atomic mass is 10.2. The lowest BCUT2D eigenvalue weighted by Gasteiger charge is -2.17. The Bertz CT molecular complexity index is 639. The van der Waals surface area contributed by atoms with E-state index in [0.29, 0.717) is 18.1 Å². The van der Waals surface area contributed by atoms with Crippen molar-refractivity contribution in [1.29, 1.82) is 0 Å². The molecule has 0 radical (unpaired) electrons. The van der Waals surface area contributed by atoms with E-state index >= 15 is 0 Å². The van der Waals surface area contributed by atoms with Crippen LogP contribution in [0.25, 0.3) is 0 Å². The van der Waals surface area contributed by atoms with Crippen LogP contribution in [0.2, 0.25) is 0 Å². The average Bonchev–Trinajstić information content (AvgIpc) is 2.90. The Hall–Kier alpha value is -2.83. The average molecular weight is 302 g/mol. The number of nitrogens with one attached hydrogen (secondary N) is 2. The molecule has 0 fully saturated rings. The third-order valence-corrected chi connectivity index (χ3v) is 2.96. The van der Waals surface area contributed by atoms with Gasteiger partial charge in [-0.25, -0.2) is 4.79 Å². The standard InChI is InChI=1S/C15H18N4O3/c1-11-8-13(18-22-11)17-15(21)16-9-14(20)19(2)10-12-6-4-3-5-7-12/h3-8H,9-10H2,1-2H3,(H2,16,17,18,21). The highest BCUT2D eigenvalue weighted by Gasteiger charge is 2.11. The molecule has 2 rings (SSSR count). The molecule has 7 heteroatoms. The number of carbonyl (C=O) groups excluding carboxylic acids is 2. The Balaban J connectivity index is 1.75. The molecule has 1 aromatic carbocycles. The fraction of sp³-hybridized carbons (Fsp3) is 0.267. The van der Waals surface area contributed by atoms with Gasteiger partial charge in [-0.15, -0.1) is 0 Å². The molecule has 116 valence electrons. The van der Waals surface area contributed by atoms with E-state index in [4.69, 9.17) is 4.52 Å². The van der Waals surface area contributed by atoms with Gasteiger partial charge in [0.15, 0.2) is 5.82 Å². The van der Waals surface area contributed by atoms with Gasteiger partial charge < -0.3 is 14.7 Å². The predicted molar refractivity (Wildman–Crippen MR) is 81.2 cm³/mol. The predicted octanol–water partition coefficient (Wildman–Crippen LogP) is 1.76. The lowest BCUT2D eigenvalue weighted by Crippen LogP contribution is -2.39. The first-order valence-corrected chi connectivity index (χ1v) is 6.80. The molecule has 1 heterocycles. The van der Waals surface area contributed by atoms with Gasteiger partial charge in [0.1, 0.15) is 5.76 Å².